The van der Waals surface area contributed by atoms with E-state index in [0.29, 0.717) is 48.5 Å². The van der Waals surface area contributed by atoms with E-state index in [-0.39, 0.29) is 35.5 Å². The summed E-state index contributed by atoms with van der Waals surface area (Å²) in [5.74, 6) is 0.772. The Kier molecular flexibility index (Phi) is 6.01. The van der Waals surface area contributed by atoms with Gasteiger partial charge in [0.1, 0.15) is 11.3 Å². The molecule has 0 spiro atoms. The summed E-state index contributed by atoms with van der Waals surface area (Å²) >= 11 is 0. The van der Waals surface area contributed by atoms with Crippen molar-refractivity contribution in [3.63, 3.8) is 0 Å². The standard InChI is InChI=1S/C25H23N5O5.ClH/c1-14-10-21-19(27-24(31)22-13-26-23(29(21)22)16-5-8-35-9-6-16)12-18(14)25(32)28-7-4-15-2-3-17(30(33)34)11-20(15)28;/h2-3,10-13,16H,4-9H2,1H3,(H,27,31);1H. The number of carbonyl (C=O) groups is 1. The molecule has 1 N–H and O–H groups in total. The number of aromatic nitrogens is 3. The van der Waals surface area contributed by atoms with Crippen LogP contribution in [0, 0.1) is 17.0 Å². The number of carbonyl (C=O) groups excluding carboxylic acids is 1. The molecule has 4 aromatic rings. The highest BCUT2D eigenvalue weighted by molar-refractivity contribution is 6.10. The first-order valence-corrected chi connectivity index (χ1v) is 11.6. The van der Waals surface area contributed by atoms with Gasteiger partial charge in [-0.15, -0.1) is 12.4 Å². The van der Waals surface area contributed by atoms with Crippen molar-refractivity contribution in [1.82, 2.24) is 14.4 Å². The Morgan fingerprint density at radius 2 is 1.97 bits per heavy atom. The molecule has 2 aliphatic rings. The molecule has 1 fully saturated rings. The first kappa shape index (κ1) is 24.0. The Balaban J connectivity index is 0.00000267. The van der Waals surface area contributed by atoms with Gasteiger partial charge in [0, 0.05) is 43.4 Å². The number of ether oxygens (including phenoxy) is 1. The summed E-state index contributed by atoms with van der Waals surface area (Å²) in [4.78, 5) is 46.3. The van der Waals surface area contributed by atoms with Crippen molar-refractivity contribution >= 4 is 46.2 Å². The highest BCUT2D eigenvalue weighted by atomic mass is 35.5. The number of anilines is 1. The number of nitrogens with one attached hydrogen (secondary N) is 1. The lowest BCUT2D eigenvalue weighted by Crippen LogP contribution is -2.29. The number of H-pyrrole nitrogens is 1. The number of fused-ring (bicyclic) bond motifs is 4. The van der Waals surface area contributed by atoms with Crippen LogP contribution < -0.4 is 10.5 Å². The Morgan fingerprint density at radius 3 is 2.72 bits per heavy atom. The number of hydrogen-bond acceptors (Lipinski definition) is 6. The maximum Gasteiger partial charge on any atom is 0.274 e. The third-order valence-electron chi connectivity index (χ3n) is 7.09. The fraction of sp³-hybridized carbons (Fsp3) is 0.320. The number of rotatable bonds is 3. The van der Waals surface area contributed by atoms with Crippen LogP contribution in [-0.4, -0.2) is 45.0 Å². The molecule has 0 saturated carbocycles. The molecule has 186 valence electrons. The Bertz CT molecular complexity index is 1590. The molecule has 0 aliphatic carbocycles. The number of benzene rings is 2. The number of nitro groups is 1. The fourth-order valence-corrected chi connectivity index (χ4v) is 5.26. The van der Waals surface area contributed by atoms with Crippen LogP contribution in [0.3, 0.4) is 0 Å². The van der Waals surface area contributed by atoms with E-state index in [9.17, 15) is 19.7 Å². The topological polar surface area (TPSA) is 123 Å². The van der Waals surface area contributed by atoms with Crippen LogP contribution in [0.15, 0.2) is 41.3 Å². The largest absolute Gasteiger partial charge is 0.381 e. The average molecular weight is 510 g/mol. The SMILES string of the molecule is Cc1cc2c(cc1C(=O)N1CCc3ccc([N+](=O)[O-])cc31)[nH]c(=O)c1cnc(C3CCOCC3)n12.Cl. The number of non-ortho nitro benzene ring substituents is 1. The second kappa shape index (κ2) is 9.03. The van der Waals surface area contributed by atoms with Gasteiger partial charge in [0.05, 0.1) is 27.8 Å². The molecule has 36 heavy (non-hydrogen) atoms. The summed E-state index contributed by atoms with van der Waals surface area (Å²) in [6, 6.07) is 8.23. The van der Waals surface area contributed by atoms with Crippen molar-refractivity contribution in [3.8, 4) is 0 Å². The first-order chi connectivity index (χ1) is 16.9. The number of hydrogen-bond donors (Lipinski definition) is 1. The van der Waals surface area contributed by atoms with Crippen molar-refractivity contribution in [2.24, 2.45) is 0 Å². The van der Waals surface area contributed by atoms with Gasteiger partial charge in [-0.05, 0) is 49.4 Å². The van der Waals surface area contributed by atoms with E-state index in [4.69, 9.17) is 4.74 Å². The molecule has 6 rings (SSSR count). The summed E-state index contributed by atoms with van der Waals surface area (Å²) in [5.41, 5.74) is 4.13. The molecule has 0 bridgehead atoms. The Morgan fingerprint density at radius 1 is 1.19 bits per heavy atom. The van der Waals surface area contributed by atoms with Gasteiger partial charge in [-0.3, -0.25) is 24.1 Å². The number of halogens is 1. The van der Waals surface area contributed by atoms with Crippen LogP contribution in [0.5, 0.6) is 0 Å². The van der Waals surface area contributed by atoms with E-state index in [0.717, 1.165) is 35.3 Å². The van der Waals surface area contributed by atoms with E-state index in [1.807, 2.05) is 17.4 Å². The quantitative estimate of drug-likeness (QED) is 0.330. The molecule has 1 saturated heterocycles. The lowest BCUT2D eigenvalue weighted by molar-refractivity contribution is -0.384. The normalized spacial score (nSPS) is 15.8. The van der Waals surface area contributed by atoms with Crippen LogP contribution in [0.1, 0.15) is 46.1 Å². The predicted molar refractivity (Wildman–Crippen MR) is 137 cm³/mol. The maximum atomic E-state index is 13.6. The minimum atomic E-state index is -0.459. The number of aromatic amines is 1. The van der Waals surface area contributed by atoms with Crippen molar-refractivity contribution < 1.29 is 14.5 Å². The zero-order valence-corrected chi connectivity index (χ0v) is 20.3. The summed E-state index contributed by atoms with van der Waals surface area (Å²) in [7, 11) is 0. The van der Waals surface area contributed by atoms with E-state index in [1.54, 1.807) is 23.2 Å². The van der Waals surface area contributed by atoms with E-state index < -0.39 is 4.92 Å². The van der Waals surface area contributed by atoms with Gasteiger partial charge in [-0.25, -0.2) is 4.98 Å². The molecule has 4 heterocycles. The second-order valence-electron chi connectivity index (χ2n) is 9.14. The predicted octanol–water partition coefficient (Wildman–Crippen LogP) is 3.91. The second-order valence-corrected chi connectivity index (χ2v) is 9.14. The molecule has 10 nitrogen and oxygen atoms in total. The molecule has 11 heteroatoms. The van der Waals surface area contributed by atoms with Crippen LogP contribution in [-0.2, 0) is 11.2 Å². The number of aryl methyl sites for hydroxylation is 1. The van der Waals surface area contributed by atoms with Crippen molar-refractivity contribution in [2.45, 2.75) is 32.1 Å². The third kappa shape index (κ3) is 3.73. The molecule has 2 aromatic heterocycles. The summed E-state index contributed by atoms with van der Waals surface area (Å²) in [6.07, 6.45) is 3.91. The van der Waals surface area contributed by atoms with E-state index in [1.165, 1.54) is 12.1 Å². The molecule has 1 amide bonds. The van der Waals surface area contributed by atoms with Gasteiger partial charge >= 0.3 is 0 Å². The zero-order valence-electron chi connectivity index (χ0n) is 19.5. The summed E-state index contributed by atoms with van der Waals surface area (Å²) in [6.45, 7) is 3.62. The third-order valence-corrected chi connectivity index (χ3v) is 7.09. The number of nitrogens with zero attached hydrogens (tertiary/aromatic N) is 4. The number of nitro benzene ring substituents is 1. The Hall–Kier alpha value is -3.76. The van der Waals surface area contributed by atoms with Crippen molar-refractivity contribution in [2.75, 3.05) is 24.7 Å². The Labute approximate surface area is 211 Å². The molecule has 0 radical (unpaired) electrons. The first-order valence-electron chi connectivity index (χ1n) is 11.6. The molecule has 0 atom stereocenters. The lowest BCUT2D eigenvalue weighted by Gasteiger charge is -2.22. The molecule has 2 aromatic carbocycles. The van der Waals surface area contributed by atoms with Gasteiger partial charge < -0.3 is 14.6 Å². The van der Waals surface area contributed by atoms with E-state index >= 15 is 0 Å². The van der Waals surface area contributed by atoms with Crippen molar-refractivity contribution in [3.05, 3.63) is 79.5 Å². The minimum Gasteiger partial charge on any atom is -0.381 e. The zero-order chi connectivity index (χ0) is 24.3. The summed E-state index contributed by atoms with van der Waals surface area (Å²) < 4.78 is 7.39. The van der Waals surface area contributed by atoms with Crippen LogP contribution in [0.2, 0.25) is 0 Å². The molecule has 2 aliphatic heterocycles. The summed E-state index contributed by atoms with van der Waals surface area (Å²) in [5, 5.41) is 11.3. The highest BCUT2D eigenvalue weighted by Gasteiger charge is 2.29. The number of amides is 1. The van der Waals surface area contributed by atoms with Crippen LogP contribution >= 0.6 is 12.4 Å². The fourth-order valence-electron chi connectivity index (χ4n) is 5.26. The van der Waals surface area contributed by atoms with Crippen molar-refractivity contribution in [1.29, 1.82) is 0 Å². The smallest absolute Gasteiger partial charge is 0.274 e. The monoisotopic (exact) mass is 509 g/mol. The van der Waals surface area contributed by atoms with Crippen LogP contribution in [0.25, 0.3) is 16.6 Å². The van der Waals surface area contributed by atoms with Gasteiger partial charge in [0.25, 0.3) is 17.2 Å². The van der Waals surface area contributed by atoms with Gasteiger partial charge in [0.15, 0.2) is 0 Å². The molecular weight excluding hydrogens is 486 g/mol. The maximum absolute atomic E-state index is 13.6. The molecule has 0 unspecified atom stereocenters. The minimum absolute atomic E-state index is 0. The average Bonchev–Trinajstić information content (AvgIpc) is 3.49. The molecular formula is C25H24ClN5O5. The van der Waals surface area contributed by atoms with Gasteiger partial charge in [-0.1, -0.05) is 6.07 Å². The van der Waals surface area contributed by atoms with E-state index in [2.05, 4.69) is 9.97 Å². The highest BCUT2D eigenvalue weighted by Crippen LogP contribution is 2.34. The van der Waals surface area contributed by atoms with Gasteiger partial charge in [0.2, 0.25) is 0 Å². The van der Waals surface area contributed by atoms with Crippen LogP contribution in [0.4, 0.5) is 11.4 Å². The lowest BCUT2D eigenvalue weighted by atomic mass is 9.99. The number of imidazole rings is 1. The van der Waals surface area contributed by atoms with Gasteiger partial charge in [-0.2, -0.15) is 0 Å².